The smallest absolute Gasteiger partial charge is 0.161 e. The van der Waals surface area contributed by atoms with Crippen LogP contribution in [0.15, 0.2) is 18.2 Å². The molecule has 1 aliphatic rings. The third kappa shape index (κ3) is 3.23. The van der Waals surface area contributed by atoms with Crippen LogP contribution in [0.3, 0.4) is 0 Å². The van der Waals surface area contributed by atoms with E-state index in [4.69, 9.17) is 10.5 Å². The molecule has 0 spiro atoms. The van der Waals surface area contributed by atoms with Gasteiger partial charge >= 0.3 is 0 Å². The highest BCUT2D eigenvalue weighted by Gasteiger charge is 2.13. The molecule has 4 heteroatoms. The van der Waals surface area contributed by atoms with Crippen molar-refractivity contribution in [1.82, 2.24) is 0 Å². The summed E-state index contributed by atoms with van der Waals surface area (Å²) in [6.07, 6.45) is 2.21. The molecule has 18 heavy (non-hydrogen) atoms. The number of ketones is 1. The van der Waals surface area contributed by atoms with Crippen molar-refractivity contribution in [3.63, 3.8) is 0 Å². The van der Waals surface area contributed by atoms with Gasteiger partial charge in [-0.2, -0.15) is 0 Å². The average molecular weight is 248 g/mol. The first-order valence-corrected chi connectivity index (χ1v) is 6.39. The average Bonchev–Trinajstić information content (AvgIpc) is 2.37. The number of benzene rings is 1. The quantitative estimate of drug-likeness (QED) is 0.634. The predicted octanol–water partition coefficient (Wildman–Crippen LogP) is 2.31. The van der Waals surface area contributed by atoms with E-state index in [0.717, 1.165) is 38.3 Å². The highest BCUT2D eigenvalue weighted by atomic mass is 16.5. The maximum atomic E-state index is 11.3. The van der Waals surface area contributed by atoms with Gasteiger partial charge in [-0.05, 0) is 43.9 Å². The lowest BCUT2D eigenvalue weighted by atomic mass is 10.0. The lowest BCUT2D eigenvalue weighted by molar-refractivity contribution is 0.0699. The van der Waals surface area contributed by atoms with Gasteiger partial charge in [0.05, 0.1) is 0 Å². The number of carbonyl (C=O) groups excluding carboxylic acids is 1. The molecule has 0 unspecified atom stereocenters. The zero-order valence-electron chi connectivity index (χ0n) is 10.7. The molecule has 0 radical (unpaired) electrons. The summed E-state index contributed by atoms with van der Waals surface area (Å²) in [6, 6.07) is 5.52. The number of hydrogen-bond acceptors (Lipinski definition) is 4. The summed E-state index contributed by atoms with van der Waals surface area (Å²) >= 11 is 0. The summed E-state index contributed by atoms with van der Waals surface area (Å²) in [5, 5.41) is 3.37. The van der Waals surface area contributed by atoms with Crippen LogP contribution in [-0.4, -0.2) is 25.5 Å². The molecule has 0 aromatic heterocycles. The first-order valence-electron chi connectivity index (χ1n) is 6.39. The largest absolute Gasteiger partial charge is 0.398 e. The van der Waals surface area contributed by atoms with Gasteiger partial charge < -0.3 is 15.8 Å². The van der Waals surface area contributed by atoms with Crippen LogP contribution in [0.1, 0.15) is 30.1 Å². The number of nitrogen functional groups attached to an aromatic ring is 1. The molecule has 0 bridgehead atoms. The third-order valence-electron chi connectivity index (χ3n) is 3.37. The highest BCUT2D eigenvalue weighted by Crippen LogP contribution is 2.20. The summed E-state index contributed by atoms with van der Waals surface area (Å²) in [5.74, 6) is 0.663. The van der Waals surface area contributed by atoms with Gasteiger partial charge in [0.25, 0.3) is 0 Å². The molecular formula is C14H20N2O2. The first-order chi connectivity index (χ1) is 8.66. The number of hydrogen-bond donors (Lipinski definition) is 2. The third-order valence-corrected chi connectivity index (χ3v) is 3.37. The second kappa shape index (κ2) is 5.87. The van der Waals surface area contributed by atoms with Crippen molar-refractivity contribution in [1.29, 1.82) is 0 Å². The molecule has 98 valence electrons. The number of Topliss-reactive ketones (excluding diaryl/α,β-unsaturated/α-hetero) is 1. The van der Waals surface area contributed by atoms with Crippen molar-refractivity contribution in [2.24, 2.45) is 5.92 Å². The van der Waals surface area contributed by atoms with Crippen molar-refractivity contribution in [3.05, 3.63) is 23.8 Å². The van der Waals surface area contributed by atoms with E-state index in [2.05, 4.69) is 5.32 Å². The van der Waals surface area contributed by atoms with Gasteiger partial charge in [-0.1, -0.05) is 0 Å². The standard InChI is InChI=1S/C14H20N2O2/c1-10(17)13-3-2-12(8-14(13)15)16-9-11-4-6-18-7-5-11/h2-3,8,11,16H,4-7,9,15H2,1H3. The lowest BCUT2D eigenvalue weighted by Gasteiger charge is -2.22. The molecule has 0 saturated carbocycles. The Morgan fingerprint density at radius 1 is 1.44 bits per heavy atom. The van der Waals surface area contributed by atoms with Gasteiger partial charge in [-0.3, -0.25) is 4.79 Å². The number of nitrogens with two attached hydrogens (primary N) is 1. The summed E-state index contributed by atoms with van der Waals surface area (Å²) in [7, 11) is 0. The Labute approximate surface area is 108 Å². The van der Waals surface area contributed by atoms with Crippen molar-refractivity contribution in [3.8, 4) is 0 Å². The molecule has 1 aromatic rings. The number of nitrogens with one attached hydrogen (secondary N) is 1. The Bertz CT molecular complexity index is 426. The molecule has 4 nitrogen and oxygen atoms in total. The minimum absolute atomic E-state index is 0.00322. The van der Waals surface area contributed by atoms with Gasteiger partial charge in [-0.25, -0.2) is 0 Å². The molecule has 1 heterocycles. The number of ether oxygens (including phenoxy) is 1. The Balaban J connectivity index is 1.93. The molecule has 1 aliphatic heterocycles. The van der Waals surface area contributed by atoms with E-state index in [0.29, 0.717) is 17.2 Å². The van der Waals surface area contributed by atoms with Crippen LogP contribution < -0.4 is 11.1 Å². The summed E-state index contributed by atoms with van der Waals surface area (Å²) in [4.78, 5) is 11.3. The summed E-state index contributed by atoms with van der Waals surface area (Å²) in [5.41, 5.74) is 7.96. The molecule has 2 rings (SSSR count). The zero-order chi connectivity index (χ0) is 13.0. The van der Waals surface area contributed by atoms with Crippen LogP contribution in [0.2, 0.25) is 0 Å². The molecule has 1 saturated heterocycles. The van der Waals surface area contributed by atoms with Crippen LogP contribution in [-0.2, 0) is 4.74 Å². The zero-order valence-corrected chi connectivity index (χ0v) is 10.7. The number of rotatable bonds is 4. The van der Waals surface area contributed by atoms with Crippen LogP contribution >= 0.6 is 0 Å². The Morgan fingerprint density at radius 3 is 2.78 bits per heavy atom. The van der Waals surface area contributed by atoms with Crippen LogP contribution in [0.25, 0.3) is 0 Å². The molecule has 1 fully saturated rings. The molecule has 3 N–H and O–H groups in total. The van der Waals surface area contributed by atoms with Gasteiger partial charge in [-0.15, -0.1) is 0 Å². The second-order valence-electron chi connectivity index (χ2n) is 4.79. The first kappa shape index (κ1) is 12.9. The molecule has 0 amide bonds. The second-order valence-corrected chi connectivity index (χ2v) is 4.79. The van der Waals surface area contributed by atoms with E-state index in [1.165, 1.54) is 6.92 Å². The molecular weight excluding hydrogens is 228 g/mol. The SMILES string of the molecule is CC(=O)c1ccc(NCC2CCOCC2)cc1N. The highest BCUT2D eigenvalue weighted by molar-refractivity contribution is 5.99. The predicted molar refractivity (Wildman–Crippen MR) is 72.9 cm³/mol. The molecule has 0 atom stereocenters. The van der Waals surface area contributed by atoms with Gasteiger partial charge in [0.2, 0.25) is 0 Å². The van der Waals surface area contributed by atoms with E-state index in [-0.39, 0.29) is 5.78 Å². The summed E-state index contributed by atoms with van der Waals surface area (Å²) < 4.78 is 5.33. The molecule has 0 aliphatic carbocycles. The van der Waals surface area contributed by atoms with E-state index >= 15 is 0 Å². The van der Waals surface area contributed by atoms with Crippen LogP contribution in [0.5, 0.6) is 0 Å². The van der Waals surface area contributed by atoms with Crippen molar-refractivity contribution >= 4 is 17.2 Å². The fourth-order valence-corrected chi connectivity index (χ4v) is 2.21. The van der Waals surface area contributed by atoms with E-state index in [9.17, 15) is 4.79 Å². The fourth-order valence-electron chi connectivity index (χ4n) is 2.21. The Kier molecular flexibility index (Phi) is 4.20. The lowest BCUT2D eigenvalue weighted by Crippen LogP contribution is -2.22. The monoisotopic (exact) mass is 248 g/mol. The topological polar surface area (TPSA) is 64.3 Å². The van der Waals surface area contributed by atoms with E-state index in [1.54, 1.807) is 6.07 Å². The minimum Gasteiger partial charge on any atom is -0.398 e. The van der Waals surface area contributed by atoms with Gasteiger partial charge in [0, 0.05) is 36.7 Å². The molecule has 1 aromatic carbocycles. The van der Waals surface area contributed by atoms with Crippen molar-refractivity contribution in [2.75, 3.05) is 30.8 Å². The Hall–Kier alpha value is -1.55. The van der Waals surface area contributed by atoms with E-state index < -0.39 is 0 Å². The van der Waals surface area contributed by atoms with Gasteiger partial charge in [0.1, 0.15) is 0 Å². The van der Waals surface area contributed by atoms with E-state index in [1.807, 2.05) is 12.1 Å². The fraction of sp³-hybridized carbons (Fsp3) is 0.500. The maximum absolute atomic E-state index is 11.3. The number of anilines is 2. The van der Waals surface area contributed by atoms with Crippen LogP contribution in [0, 0.1) is 5.92 Å². The Morgan fingerprint density at radius 2 is 2.17 bits per heavy atom. The normalized spacial score (nSPS) is 16.5. The van der Waals surface area contributed by atoms with Crippen molar-refractivity contribution in [2.45, 2.75) is 19.8 Å². The van der Waals surface area contributed by atoms with Crippen LogP contribution in [0.4, 0.5) is 11.4 Å². The van der Waals surface area contributed by atoms with Crippen molar-refractivity contribution < 1.29 is 9.53 Å². The minimum atomic E-state index is 0.00322. The maximum Gasteiger partial charge on any atom is 0.161 e. The number of carbonyl (C=O) groups is 1. The summed E-state index contributed by atoms with van der Waals surface area (Å²) in [6.45, 7) is 4.18. The van der Waals surface area contributed by atoms with Gasteiger partial charge in [0.15, 0.2) is 5.78 Å².